The van der Waals surface area contributed by atoms with E-state index >= 15 is 0 Å². The number of aliphatic hydroxyl groups is 2. The number of rotatable bonds is 2. The van der Waals surface area contributed by atoms with Gasteiger partial charge in [0.05, 0.1) is 6.10 Å². The van der Waals surface area contributed by atoms with E-state index in [-0.39, 0.29) is 6.10 Å². The van der Waals surface area contributed by atoms with Gasteiger partial charge < -0.3 is 10.2 Å². The summed E-state index contributed by atoms with van der Waals surface area (Å²) in [6, 6.07) is 0.369. The van der Waals surface area contributed by atoms with E-state index in [4.69, 9.17) is 0 Å². The van der Waals surface area contributed by atoms with Gasteiger partial charge in [0.2, 0.25) is 0 Å². The molecular formula is C12H23NO2. The van der Waals surface area contributed by atoms with Crippen LogP contribution in [0.1, 0.15) is 38.5 Å². The van der Waals surface area contributed by atoms with Crippen LogP contribution in [0.5, 0.6) is 0 Å². The Kier molecular flexibility index (Phi) is 4.00. The molecule has 3 unspecified atom stereocenters. The molecule has 2 aliphatic rings. The van der Waals surface area contributed by atoms with Crippen molar-refractivity contribution in [2.45, 2.75) is 50.7 Å². The van der Waals surface area contributed by atoms with Crippen LogP contribution >= 0.6 is 0 Å². The van der Waals surface area contributed by atoms with E-state index < -0.39 is 0 Å². The lowest BCUT2D eigenvalue weighted by atomic mass is 9.88. The molecule has 0 spiro atoms. The molecule has 0 bridgehead atoms. The number of aliphatic hydroxyl groups excluding tert-OH is 2. The highest BCUT2D eigenvalue weighted by molar-refractivity contribution is 4.86. The number of nitrogens with zero attached hydrogens (tertiary/aromatic N) is 1. The Morgan fingerprint density at radius 1 is 1.07 bits per heavy atom. The van der Waals surface area contributed by atoms with Gasteiger partial charge in [-0.1, -0.05) is 12.8 Å². The fourth-order valence-corrected chi connectivity index (χ4v) is 3.07. The minimum absolute atomic E-state index is 0.129. The molecule has 0 aromatic heterocycles. The molecule has 1 saturated heterocycles. The van der Waals surface area contributed by atoms with Crippen molar-refractivity contribution in [2.75, 3.05) is 19.7 Å². The third-order valence-electron chi connectivity index (χ3n) is 3.97. The monoisotopic (exact) mass is 213 g/mol. The first kappa shape index (κ1) is 11.4. The summed E-state index contributed by atoms with van der Waals surface area (Å²) in [6.45, 7) is 2.40. The average Bonchev–Trinajstić information content (AvgIpc) is 2.30. The maximum atomic E-state index is 9.98. The lowest BCUT2D eigenvalue weighted by Crippen LogP contribution is -2.50. The number of likely N-dealkylation sites (tertiary alicyclic amines) is 1. The molecule has 1 aliphatic heterocycles. The summed E-state index contributed by atoms with van der Waals surface area (Å²) < 4.78 is 0. The molecule has 3 atom stereocenters. The topological polar surface area (TPSA) is 43.7 Å². The van der Waals surface area contributed by atoms with Crippen LogP contribution in [0.4, 0.5) is 0 Å². The van der Waals surface area contributed by atoms with Crippen LogP contribution in [-0.4, -0.2) is 47.0 Å². The van der Waals surface area contributed by atoms with E-state index in [0.717, 1.165) is 32.4 Å². The molecule has 0 aromatic carbocycles. The molecule has 1 saturated carbocycles. The third kappa shape index (κ3) is 2.71. The van der Waals surface area contributed by atoms with Gasteiger partial charge in [0.1, 0.15) is 0 Å². The fourth-order valence-electron chi connectivity index (χ4n) is 3.07. The molecule has 3 nitrogen and oxygen atoms in total. The van der Waals surface area contributed by atoms with Crippen LogP contribution in [0.3, 0.4) is 0 Å². The molecule has 1 aliphatic carbocycles. The Labute approximate surface area is 92.1 Å². The normalized spacial score (nSPS) is 39.2. The summed E-state index contributed by atoms with van der Waals surface area (Å²) in [5.41, 5.74) is 0. The minimum atomic E-state index is -0.129. The first-order chi connectivity index (χ1) is 7.31. The number of hydrogen-bond acceptors (Lipinski definition) is 3. The summed E-state index contributed by atoms with van der Waals surface area (Å²) in [7, 11) is 0. The highest BCUT2D eigenvalue weighted by atomic mass is 16.3. The van der Waals surface area contributed by atoms with Gasteiger partial charge >= 0.3 is 0 Å². The quantitative estimate of drug-likeness (QED) is 0.719. The first-order valence-corrected chi connectivity index (χ1v) is 6.34. The van der Waals surface area contributed by atoms with Gasteiger partial charge in [0, 0.05) is 19.2 Å². The van der Waals surface area contributed by atoms with Crippen LogP contribution < -0.4 is 0 Å². The maximum absolute atomic E-state index is 9.98. The van der Waals surface area contributed by atoms with Gasteiger partial charge in [-0.3, -0.25) is 4.90 Å². The summed E-state index contributed by atoms with van der Waals surface area (Å²) in [6.07, 6.45) is 6.72. The van der Waals surface area contributed by atoms with Crippen LogP contribution in [0.2, 0.25) is 0 Å². The van der Waals surface area contributed by atoms with E-state index in [0.29, 0.717) is 18.6 Å². The lowest BCUT2D eigenvalue weighted by Gasteiger charge is -2.41. The summed E-state index contributed by atoms with van der Waals surface area (Å²) in [4.78, 5) is 2.41. The molecule has 0 amide bonds. The summed E-state index contributed by atoms with van der Waals surface area (Å²) >= 11 is 0. The van der Waals surface area contributed by atoms with E-state index in [2.05, 4.69) is 4.90 Å². The smallest absolute Gasteiger partial charge is 0.0695 e. The molecule has 2 fully saturated rings. The van der Waals surface area contributed by atoms with Gasteiger partial charge in [0.25, 0.3) is 0 Å². The van der Waals surface area contributed by atoms with E-state index in [1.54, 1.807) is 0 Å². The van der Waals surface area contributed by atoms with Crippen molar-refractivity contribution in [1.29, 1.82) is 0 Å². The van der Waals surface area contributed by atoms with Gasteiger partial charge in [-0.05, 0) is 38.1 Å². The molecule has 0 radical (unpaired) electrons. The predicted octanol–water partition coefficient (Wildman–Crippen LogP) is 0.994. The Morgan fingerprint density at radius 2 is 1.87 bits per heavy atom. The molecule has 3 heteroatoms. The van der Waals surface area contributed by atoms with Crippen molar-refractivity contribution in [3.05, 3.63) is 0 Å². The van der Waals surface area contributed by atoms with E-state index in [1.165, 1.54) is 19.3 Å². The van der Waals surface area contributed by atoms with Crippen LogP contribution in [0.25, 0.3) is 0 Å². The van der Waals surface area contributed by atoms with Gasteiger partial charge in [-0.25, -0.2) is 0 Å². The van der Waals surface area contributed by atoms with Crippen molar-refractivity contribution in [2.24, 2.45) is 5.92 Å². The molecule has 0 aromatic rings. The molecule has 2 rings (SSSR count). The Morgan fingerprint density at radius 3 is 2.60 bits per heavy atom. The second-order valence-corrected chi connectivity index (χ2v) is 5.10. The van der Waals surface area contributed by atoms with Gasteiger partial charge in [-0.2, -0.15) is 0 Å². The van der Waals surface area contributed by atoms with E-state index in [1.807, 2.05) is 0 Å². The van der Waals surface area contributed by atoms with Crippen molar-refractivity contribution in [3.63, 3.8) is 0 Å². The lowest BCUT2D eigenvalue weighted by molar-refractivity contribution is -0.00649. The predicted molar refractivity (Wildman–Crippen MR) is 59.6 cm³/mol. The minimum Gasteiger partial charge on any atom is -0.396 e. The zero-order valence-corrected chi connectivity index (χ0v) is 9.44. The molecular weight excluding hydrogens is 190 g/mol. The summed E-state index contributed by atoms with van der Waals surface area (Å²) in [5, 5.41) is 19.2. The third-order valence-corrected chi connectivity index (χ3v) is 3.97. The molecule has 88 valence electrons. The Balaban J connectivity index is 1.90. The highest BCUT2D eigenvalue weighted by Gasteiger charge is 2.31. The Bertz CT molecular complexity index is 198. The van der Waals surface area contributed by atoms with Crippen molar-refractivity contribution in [3.8, 4) is 0 Å². The first-order valence-electron chi connectivity index (χ1n) is 6.34. The van der Waals surface area contributed by atoms with Crippen LogP contribution in [0, 0.1) is 5.92 Å². The van der Waals surface area contributed by atoms with Gasteiger partial charge in [-0.15, -0.1) is 0 Å². The average molecular weight is 213 g/mol. The second kappa shape index (κ2) is 5.28. The van der Waals surface area contributed by atoms with Crippen molar-refractivity contribution in [1.82, 2.24) is 4.90 Å². The van der Waals surface area contributed by atoms with Crippen molar-refractivity contribution < 1.29 is 10.2 Å². The Hall–Kier alpha value is -0.120. The molecule has 15 heavy (non-hydrogen) atoms. The van der Waals surface area contributed by atoms with Crippen LogP contribution in [0.15, 0.2) is 0 Å². The van der Waals surface area contributed by atoms with Crippen LogP contribution in [-0.2, 0) is 0 Å². The van der Waals surface area contributed by atoms with Crippen molar-refractivity contribution >= 4 is 0 Å². The molecule has 2 N–H and O–H groups in total. The zero-order valence-electron chi connectivity index (χ0n) is 9.44. The number of piperidine rings is 1. The maximum Gasteiger partial charge on any atom is 0.0695 e. The summed E-state index contributed by atoms with van der Waals surface area (Å²) in [5.74, 6) is 0.438. The van der Waals surface area contributed by atoms with Gasteiger partial charge in [0.15, 0.2) is 0 Å². The van der Waals surface area contributed by atoms with E-state index in [9.17, 15) is 10.2 Å². The largest absolute Gasteiger partial charge is 0.396 e. The standard InChI is InChI=1S/C12H23NO2/c14-9-10-4-3-7-13(8-10)11-5-1-2-6-12(11)15/h10-12,14-15H,1-9H2. The fraction of sp³-hybridized carbons (Fsp3) is 1.00. The SMILES string of the molecule is OCC1CCCN(C2CCCCC2O)C1. The number of hydrogen-bond donors (Lipinski definition) is 2. The second-order valence-electron chi connectivity index (χ2n) is 5.10. The highest BCUT2D eigenvalue weighted by Crippen LogP contribution is 2.27. The molecule has 1 heterocycles. The zero-order chi connectivity index (χ0) is 10.7.